The lowest BCUT2D eigenvalue weighted by Crippen LogP contribution is -1.95. The molecule has 3 aromatic rings. The Kier molecular flexibility index (Phi) is 2.23. The maximum absolute atomic E-state index is 6.17. The quantitative estimate of drug-likeness (QED) is 0.716. The van der Waals surface area contributed by atoms with Crippen molar-refractivity contribution in [3.05, 3.63) is 47.5 Å². The van der Waals surface area contributed by atoms with Crippen molar-refractivity contribution in [3.63, 3.8) is 0 Å². The number of nitrogen functional groups attached to an aromatic ring is 1. The van der Waals surface area contributed by atoms with E-state index in [1.165, 1.54) is 0 Å². The average Bonchev–Trinajstić information content (AvgIpc) is 2.70. The van der Waals surface area contributed by atoms with Gasteiger partial charge in [0.2, 0.25) is 5.95 Å². The Morgan fingerprint density at radius 1 is 1.06 bits per heavy atom. The van der Waals surface area contributed by atoms with Crippen molar-refractivity contribution in [1.82, 2.24) is 14.6 Å². The van der Waals surface area contributed by atoms with Crippen molar-refractivity contribution in [1.29, 1.82) is 0 Å². The molecule has 2 aromatic heterocycles. The van der Waals surface area contributed by atoms with Crippen molar-refractivity contribution in [2.24, 2.45) is 0 Å². The predicted octanol–water partition coefficient (Wildman–Crippen LogP) is 2.63. The SMILES string of the molecule is Nc1nc2cccc(-c3ccccc3Cl)n2n1. The fourth-order valence-electron chi connectivity index (χ4n) is 1.79. The molecule has 5 heteroatoms. The number of pyridine rings is 1. The second kappa shape index (κ2) is 3.75. The molecule has 3 rings (SSSR count). The molecule has 0 atom stereocenters. The fourth-order valence-corrected chi connectivity index (χ4v) is 2.03. The summed E-state index contributed by atoms with van der Waals surface area (Å²) in [6, 6.07) is 13.3. The Hall–Kier alpha value is -2.07. The fraction of sp³-hybridized carbons (Fsp3) is 0. The number of benzene rings is 1. The molecule has 0 spiro atoms. The summed E-state index contributed by atoms with van der Waals surface area (Å²) < 4.78 is 1.69. The molecular weight excluding hydrogens is 236 g/mol. The molecule has 2 heterocycles. The van der Waals surface area contributed by atoms with Crippen LogP contribution in [0.5, 0.6) is 0 Å². The summed E-state index contributed by atoms with van der Waals surface area (Å²) in [5, 5.41) is 4.83. The van der Waals surface area contributed by atoms with E-state index in [9.17, 15) is 0 Å². The first kappa shape index (κ1) is 10.1. The minimum Gasteiger partial charge on any atom is -0.366 e. The third kappa shape index (κ3) is 1.62. The second-order valence-electron chi connectivity index (χ2n) is 3.63. The van der Waals surface area contributed by atoms with E-state index in [0.29, 0.717) is 10.7 Å². The van der Waals surface area contributed by atoms with Gasteiger partial charge in [-0.1, -0.05) is 35.9 Å². The molecule has 0 saturated carbocycles. The van der Waals surface area contributed by atoms with Gasteiger partial charge < -0.3 is 5.73 Å². The van der Waals surface area contributed by atoms with Crippen molar-refractivity contribution in [2.45, 2.75) is 0 Å². The standard InChI is InChI=1S/C12H9ClN4/c13-9-5-2-1-4-8(9)10-6-3-7-11-15-12(14)16-17(10)11/h1-7H,(H2,14,16). The molecule has 17 heavy (non-hydrogen) atoms. The number of nitrogens with two attached hydrogens (primary N) is 1. The van der Waals surface area contributed by atoms with Gasteiger partial charge in [-0.05, 0) is 18.2 Å². The summed E-state index contributed by atoms with van der Waals surface area (Å²) in [5.41, 5.74) is 8.09. The van der Waals surface area contributed by atoms with Gasteiger partial charge in [0.25, 0.3) is 0 Å². The van der Waals surface area contributed by atoms with E-state index in [1.807, 2.05) is 42.5 Å². The van der Waals surface area contributed by atoms with Gasteiger partial charge in [0.15, 0.2) is 5.65 Å². The molecule has 2 N–H and O–H groups in total. The highest BCUT2D eigenvalue weighted by Gasteiger charge is 2.09. The van der Waals surface area contributed by atoms with Crippen LogP contribution in [0.2, 0.25) is 5.02 Å². The van der Waals surface area contributed by atoms with Crippen molar-refractivity contribution >= 4 is 23.2 Å². The first-order chi connectivity index (χ1) is 8.25. The molecule has 0 aliphatic rings. The Bertz CT molecular complexity index is 690. The van der Waals surface area contributed by atoms with Crippen LogP contribution in [0.4, 0.5) is 5.95 Å². The van der Waals surface area contributed by atoms with E-state index in [0.717, 1.165) is 11.3 Å². The summed E-state index contributed by atoms with van der Waals surface area (Å²) in [7, 11) is 0. The summed E-state index contributed by atoms with van der Waals surface area (Å²) in [6.45, 7) is 0. The van der Waals surface area contributed by atoms with E-state index in [4.69, 9.17) is 17.3 Å². The molecule has 0 amide bonds. The Morgan fingerprint density at radius 2 is 1.88 bits per heavy atom. The topological polar surface area (TPSA) is 56.2 Å². The van der Waals surface area contributed by atoms with Crippen LogP contribution in [-0.4, -0.2) is 14.6 Å². The molecule has 0 aliphatic carbocycles. The summed E-state index contributed by atoms with van der Waals surface area (Å²) in [5.74, 6) is 0.254. The number of hydrogen-bond donors (Lipinski definition) is 1. The Balaban J connectivity index is 2.34. The molecule has 0 unspecified atom stereocenters. The largest absolute Gasteiger partial charge is 0.366 e. The van der Waals surface area contributed by atoms with Crippen LogP contribution < -0.4 is 5.73 Å². The van der Waals surface area contributed by atoms with E-state index in [1.54, 1.807) is 4.52 Å². The van der Waals surface area contributed by atoms with E-state index >= 15 is 0 Å². The first-order valence-electron chi connectivity index (χ1n) is 5.12. The van der Waals surface area contributed by atoms with E-state index < -0.39 is 0 Å². The number of anilines is 1. The Labute approximate surface area is 103 Å². The summed E-state index contributed by atoms with van der Waals surface area (Å²) >= 11 is 6.17. The van der Waals surface area contributed by atoms with Crippen LogP contribution in [0.15, 0.2) is 42.5 Å². The van der Waals surface area contributed by atoms with Crippen molar-refractivity contribution < 1.29 is 0 Å². The van der Waals surface area contributed by atoms with Crippen molar-refractivity contribution in [2.75, 3.05) is 5.73 Å². The van der Waals surface area contributed by atoms with Crippen LogP contribution in [0.3, 0.4) is 0 Å². The van der Waals surface area contributed by atoms with Crippen LogP contribution >= 0.6 is 11.6 Å². The Morgan fingerprint density at radius 3 is 2.71 bits per heavy atom. The van der Waals surface area contributed by atoms with Gasteiger partial charge in [0.1, 0.15) is 0 Å². The van der Waals surface area contributed by atoms with Crippen molar-refractivity contribution in [3.8, 4) is 11.3 Å². The zero-order valence-electron chi connectivity index (χ0n) is 8.84. The van der Waals surface area contributed by atoms with Gasteiger partial charge >= 0.3 is 0 Å². The highest BCUT2D eigenvalue weighted by Crippen LogP contribution is 2.27. The number of rotatable bonds is 1. The molecule has 0 fully saturated rings. The monoisotopic (exact) mass is 244 g/mol. The van der Waals surface area contributed by atoms with Gasteiger partial charge in [-0.15, -0.1) is 5.10 Å². The third-order valence-corrected chi connectivity index (χ3v) is 2.86. The number of nitrogens with zero attached hydrogens (tertiary/aromatic N) is 3. The van der Waals surface area contributed by atoms with Crippen LogP contribution in [0.25, 0.3) is 16.9 Å². The molecule has 4 nitrogen and oxygen atoms in total. The number of hydrogen-bond acceptors (Lipinski definition) is 3. The number of fused-ring (bicyclic) bond motifs is 1. The predicted molar refractivity (Wildman–Crippen MR) is 67.8 cm³/mol. The minimum absolute atomic E-state index is 0.254. The maximum atomic E-state index is 6.17. The molecule has 0 bridgehead atoms. The van der Waals surface area contributed by atoms with E-state index in [-0.39, 0.29) is 5.95 Å². The summed E-state index contributed by atoms with van der Waals surface area (Å²) in [6.07, 6.45) is 0. The molecule has 84 valence electrons. The van der Waals surface area contributed by atoms with Gasteiger partial charge in [-0.2, -0.15) is 4.98 Å². The average molecular weight is 245 g/mol. The molecule has 0 saturated heterocycles. The molecule has 1 aromatic carbocycles. The van der Waals surface area contributed by atoms with Gasteiger partial charge in [-0.3, -0.25) is 0 Å². The lowest BCUT2D eigenvalue weighted by atomic mass is 10.1. The molecular formula is C12H9ClN4. The zero-order chi connectivity index (χ0) is 11.8. The number of aromatic nitrogens is 3. The maximum Gasteiger partial charge on any atom is 0.240 e. The molecule has 0 aliphatic heterocycles. The van der Waals surface area contributed by atoms with Crippen LogP contribution in [0, 0.1) is 0 Å². The van der Waals surface area contributed by atoms with Crippen LogP contribution in [0.1, 0.15) is 0 Å². The first-order valence-corrected chi connectivity index (χ1v) is 5.50. The highest BCUT2D eigenvalue weighted by molar-refractivity contribution is 6.33. The number of halogens is 1. The van der Waals surface area contributed by atoms with Gasteiger partial charge in [-0.25, -0.2) is 4.52 Å². The van der Waals surface area contributed by atoms with Gasteiger partial charge in [0.05, 0.1) is 5.69 Å². The molecule has 0 radical (unpaired) electrons. The summed E-state index contributed by atoms with van der Waals surface area (Å²) in [4.78, 5) is 4.12. The second-order valence-corrected chi connectivity index (χ2v) is 4.04. The van der Waals surface area contributed by atoms with E-state index in [2.05, 4.69) is 10.1 Å². The lowest BCUT2D eigenvalue weighted by Gasteiger charge is -2.05. The zero-order valence-corrected chi connectivity index (χ0v) is 9.59. The minimum atomic E-state index is 0.254. The highest BCUT2D eigenvalue weighted by atomic mass is 35.5. The normalized spacial score (nSPS) is 10.9. The smallest absolute Gasteiger partial charge is 0.240 e. The van der Waals surface area contributed by atoms with Gasteiger partial charge in [0, 0.05) is 10.6 Å². The third-order valence-electron chi connectivity index (χ3n) is 2.53. The van der Waals surface area contributed by atoms with Crippen LogP contribution in [-0.2, 0) is 0 Å². The lowest BCUT2D eigenvalue weighted by molar-refractivity contribution is 0.976.